The van der Waals surface area contributed by atoms with Crippen molar-refractivity contribution in [3.63, 3.8) is 0 Å². The molecule has 27 heavy (non-hydrogen) atoms. The quantitative estimate of drug-likeness (QED) is 0.778. The summed E-state index contributed by atoms with van der Waals surface area (Å²) in [5.41, 5.74) is 0.428. The number of likely N-dealkylation sites (tertiary alicyclic amines) is 1. The van der Waals surface area contributed by atoms with Crippen molar-refractivity contribution in [2.45, 2.75) is 17.7 Å². The van der Waals surface area contributed by atoms with Gasteiger partial charge in [-0.05, 0) is 37.6 Å². The fraction of sp³-hybridized carbons (Fsp3) is 0.611. The number of hydrogen-bond acceptors (Lipinski definition) is 5. The first kappa shape index (κ1) is 22.1. The highest BCUT2D eigenvalue weighted by atomic mass is 35.5. The van der Waals surface area contributed by atoms with Gasteiger partial charge in [0.2, 0.25) is 10.0 Å². The van der Waals surface area contributed by atoms with Crippen LogP contribution >= 0.6 is 12.4 Å². The van der Waals surface area contributed by atoms with E-state index < -0.39 is 10.0 Å². The maximum absolute atomic E-state index is 12.9. The molecule has 0 saturated carbocycles. The lowest BCUT2D eigenvalue weighted by Gasteiger charge is -2.21. The number of sulfonamides is 1. The molecule has 3 rings (SSSR count). The summed E-state index contributed by atoms with van der Waals surface area (Å²) in [6.45, 7) is 4.39. The SMILES string of the molecule is COCC1CCN(C(=O)c2cccc(S(=O)(=O)N3CCCNCC3)c2)C1.Cl. The number of carbonyl (C=O) groups excluding carboxylic acids is 1. The second-order valence-corrected chi connectivity index (χ2v) is 8.83. The fourth-order valence-electron chi connectivity index (χ4n) is 3.57. The van der Waals surface area contributed by atoms with Gasteiger partial charge in [-0.2, -0.15) is 4.31 Å². The van der Waals surface area contributed by atoms with Crippen LogP contribution in [0.25, 0.3) is 0 Å². The van der Waals surface area contributed by atoms with Gasteiger partial charge in [0.25, 0.3) is 5.91 Å². The average Bonchev–Trinajstić information content (AvgIpc) is 2.93. The molecule has 0 aliphatic carbocycles. The number of benzene rings is 1. The molecular weight excluding hydrogens is 390 g/mol. The van der Waals surface area contributed by atoms with Gasteiger partial charge in [-0.15, -0.1) is 12.4 Å². The van der Waals surface area contributed by atoms with Crippen molar-refractivity contribution < 1.29 is 17.9 Å². The Balaban J connectivity index is 0.00000261. The predicted octanol–water partition coefficient (Wildman–Crippen LogP) is 1.20. The number of carbonyl (C=O) groups is 1. The van der Waals surface area contributed by atoms with Crippen LogP contribution < -0.4 is 5.32 Å². The normalized spacial score (nSPS) is 21.5. The van der Waals surface area contributed by atoms with E-state index in [-0.39, 0.29) is 23.2 Å². The zero-order valence-corrected chi connectivity index (χ0v) is 17.2. The molecule has 9 heteroatoms. The monoisotopic (exact) mass is 417 g/mol. The lowest BCUT2D eigenvalue weighted by atomic mass is 10.1. The van der Waals surface area contributed by atoms with Gasteiger partial charge in [0.05, 0.1) is 11.5 Å². The summed E-state index contributed by atoms with van der Waals surface area (Å²) in [4.78, 5) is 14.7. The van der Waals surface area contributed by atoms with Crippen LogP contribution in [0.4, 0.5) is 0 Å². The van der Waals surface area contributed by atoms with E-state index in [9.17, 15) is 13.2 Å². The molecule has 1 unspecified atom stereocenters. The van der Waals surface area contributed by atoms with Crippen molar-refractivity contribution in [2.24, 2.45) is 5.92 Å². The number of halogens is 1. The molecule has 1 aromatic rings. The van der Waals surface area contributed by atoms with Crippen molar-refractivity contribution >= 4 is 28.3 Å². The summed E-state index contributed by atoms with van der Waals surface area (Å²) in [5.74, 6) is 0.235. The Bertz CT molecular complexity index is 736. The van der Waals surface area contributed by atoms with Crippen LogP contribution in [0.3, 0.4) is 0 Å². The summed E-state index contributed by atoms with van der Waals surface area (Å²) < 4.78 is 32.5. The first-order chi connectivity index (χ1) is 12.5. The Morgan fingerprint density at radius 1 is 1.26 bits per heavy atom. The van der Waals surface area contributed by atoms with Gasteiger partial charge >= 0.3 is 0 Å². The van der Waals surface area contributed by atoms with E-state index in [0.717, 1.165) is 19.4 Å². The van der Waals surface area contributed by atoms with E-state index in [1.54, 1.807) is 30.2 Å². The van der Waals surface area contributed by atoms with Gasteiger partial charge in [0.1, 0.15) is 0 Å². The molecule has 0 bridgehead atoms. The lowest BCUT2D eigenvalue weighted by Crippen LogP contribution is -2.34. The Morgan fingerprint density at radius 3 is 2.85 bits per heavy atom. The summed E-state index contributed by atoms with van der Waals surface area (Å²) in [6.07, 6.45) is 1.70. The Kier molecular flexibility index (Phi) is 8.05. The smallest absolute Gasteiger partial charge is 0.253 e. The predicted molar refractivity (Wildman–Crippen MR) is 106 cm³/mol. The number of hydrogen-bond donors (Lipinski definition) is 1. The zero-order valence-electron chi connectivity index (χ0n) is 15.6. The topological polar surface area (TPSA) is 79.0 Å². The van der Waals surface area contributed by atoms with E-state index >= 15 is 0 Å². The number of amides is 1. The molecule has 1 amide bonds. The fourth-order valence-corrected chi connectivity index (χ4v) is 5.10. The van der Waals surface area contributed by atoms with Crippen LogP contribution in [-0.2, 0) is 14.8 Å². The first-order valence-corrected chi connectivity index (χ1v) is 10.6. The molecule has 2 fully saturated rings. The molecule has 0 aromatic heterocycles. The van der Waals surface area contributed by atoms with Crippen LogP contribution in [0.1, 0.15) is 23.2 Å². The first-order valence-electron chi connectivity index (χ1n) is 9.11. The number of rotatable bonds is 5. The third kappa shape index (κ3) is 5.20. The van der Waals surface area contributed by atoms with Crippen LogP contribution in [0.5, 0.6) is 0 Å². The number of ether oxygens (including phenoxy) is 1. The molecular formula is C18H28ClN3O4S. The summed E-state index contributed by atoms with van der Waals surface area (Å²) >= 11 is 0. The molecule has 0 radical (unpaired) electrons. The summed E-state index contributed by atoms with van der Waals surface area (Å²) in [7, 11) is -1.92. The minimum atomic E-state index is -3.58. The minimum absolute atomic E-state index is 0. The van der Waals surface area contributed by atoms with Crippen LogP contribution in [0, 0.1) is 5.92 Å². The highest BCUT2D eigenvalue weighted by molar-refractivity contribution is 7.89. The van der Waals surface area contributed by atoms with E-state index in [2.05, 4.69) is 5.32 Å². The molecule has 1 atom stereocenters. The number of nitrogens with one attached hydrogen (secondary N) is 1. The lowest BCUT2D eigenvalue weighted by molar-refractivity contribution is 0.0775. The van der Waals surface area contributed by atoms with Crippen LogP contribution in [0.15, 0.2) is 29.2 Å². The van der Waals surface area contributed by atoms with E-state index in [4.69, 9.17) is 4.74 Å². The maximum atomic E-state index is 12.9. The van der Waals surface area contributed by atoms with E-state index in [1.807, 2.05) is 0 Å². The molecule has 2 saturated heterocycles. The van der Waals surface area contributed by atoms with Crippen molar-refractivity contribution in [2.75, 3.05) is 53.0 Å². The average molecular weight is 418 g/mol. The van der Waals surface area contributed by atoms with Gasteiger partial charge in [-0.25, -0.2) is 8.42 Å². The standard InChI is InChI=1S/C18H27N3O4S.ClH/c1-25-14-15-6-10-20(13-15)18(22)16-4-2-5-17(12-16)26(23,24)21-9-3-7-19-8-11-21;/h2,4-5,12,15,19H,3,6-11,13-14H2,1H3;1H. The molecule has 1 N–H and O–H groups in total. The molecule has 2 heterocycles. The summed E-state index contributed by atoms with van der Waals surface area (Å²) in [5, 5.41) is 3.20. The molecule has 2 aliphatic rings. The molecule has 2 aliphatic heterocycles. The van der Waals surface area contributed by atoms with Crippen molar-refractivity contribution in [1.29, 1.82) is 0 Å². The van der Waals surface area contributed by atoms with Crippen molar-refractivity contribution in [3.8, 4) is 0 Å². The second kappa shape index (κ2) is 9.84. The van der Waals surface area contributed by atoms with Gasteiger partial charge < -0.3 is 15.0 Å². The molecule has 152 valence electrons. The third-order valence-corrected chi connectivity index (χ3v) is 6.89. The number of methoxy groups -OCH3 is 1. The summed E-state index contributed by atoms with van der Waals surface area (Å²) in [6, 6.07) is 6.43. The molecule has 0 spiro atoms. The zero-order chi connectivity index (χ0) is 18.6. The highest BCUT2D eigenvalue weighted by Crippen LogP contribution is 2.22. The largest absolute Gasteiger partial charge is 0.384 e. The van der Waals surface area contributed by atoms with Gasteiger partial charge in [-0.1, -0.05) is 6.07 Å². The van der Waals surface area contributed by atoms with E-state index in [1.165, 1.54) is 10.4 Å². The van der Waals surface area contributed by atoms with Crippen molar-refractivity contribution in [1.82, 2.24) is 14.5 Å². The maximum Gasteiger partial charge on any atom is 0.253 e. The van der Waals surface area contributed by atoms with E-state index in [0.29, 0.717) is 50.8 Å². The van der Waals surface area contributed by atoms with Crippen molar-refractivity contribution in [3.05, 3.63) is 29.8 Å². The third-order valence-electron chi connectivity index (χ3n) is 4.99. The minimum Gasteiger partial charge on any atom is -0.384 e. The number of nitrogens with zero attached hydrogens (tertiary/aromatic N) is 2. The highest BCUT2D eigenvalue weighted by Gasteiger charge is 2.29. The van der Waals surface area contributed by atoms with Crippen LogP contribution in [-0.4, -0.2) is 76.5 Å². The van der Waals surface area contributed by atoms with Crippen LogP contribution in [0.2, 0.25) is 0 Å². The van der Waals surface area contributed by atoms with Gasteiger partial charge in [0, 0.05) is 51.3 Å². The van der Waals surface area contributed by atoms with Gasteiger partial charge in [0.15, 0.2) is 0 Å². The second-order valence-electron chi connectivity index (χ2n) is 6.90. The Morgan fingerprint density at radius 2 is 2.07 bits per heavy atom. The molecule has 7 nitrogen and oxygen atoms in total. The Hall–Kier alpha value is -1.19. The Labute approximate surface area is 167 Å². The molecule has 1 aromatic carbocycles. The van der Waals surface area contributed by atoms with Gasteiger partial charge in [-0.3, -0.25) is 4.79 Å².